The standard InChI is InChI=1S/C17H29N3/c1-5-7-18-10-16-11-19-14(4)9-17(16)20-8-6-15(12-20)13(2)3/h9,11,13,15,18H,5-8,10,12H2,1-4H3. The van der Waals surface area contributed by atoms with Crippen LogP contribution in [0.2, 0.25) is 0 Å². The van der Waals surface area contributed by atoms with E-state index in [4.69, 9.17) is 0 Å². The van der Waals surface area contributed by atoms with E-state index in [0.717, 1.165) is 30.6 Å². The molecule has 1 aromatic rings. The van der Waals surface area contributed by atoms with Crippen LogP contribution < -0.4 is 10.2 Å². The molecule has 0 aromatic carbocycles. The second-order valence-electron chi connectivity index (χ2n) is 6.37. The molecule has 1 aliphatic heterocycles. The summed E-state index contributed by atoms with van der Waals surface area (Å²) in [4.78, 5) is 7.04. The van der Waals surface area contributed by atoms with Crippen molar-refractivity contribution in [2.45, 2.75) is 47.1 Å². The van der Waals surface area contributed by atoms with E-state index in [9.17, 15) is 0 Å². The van der Waals surface area contributed by atoms with Crippen molar-refractivity contribution in [3.63, 3.8) is 0 Å². The molecular formula is C17H29N3. The summed E-state index contributed by atoms with van der Waals surface area (Å²) >= 11 is 0. The summed E-state index contributed by atoms with van der Waals surface area (Å²) in [5.41, 5.74) is 3.85. The Balaban J connectivity index is 2.11. The minimum Gasteiger partial charge on any atom is -0.371 e. The Morgan fingerprint density at radius 1 is 1.45 bits per heavy atom. The van der Waals surface area contributed by atoms with Crippen molar-refractivity contribution in [2.24, 2.45) is 11.8 Å². The molecular weight excluding hydrogens is 246 g/mol. The molecule has 3 nitrogen and oxygen atoms in total. The van der Waals surface area contributed by atoms with Crippen LogP contribution in [0.1, 0.15) is 44.9 Å². The van der Waals surface area contributed by atoms with Gasteiger partial charge in [0.2, 0.25) is 0 Å². The van der Waals surface area contributed by atoms with Crippen molar-refractivity contribution in [3.8, 4) is 0 Å². The van der Waals surface area contributed by atoms with Gasteiger partial charge in [0.15, 0.2) is 0 Å². The van der Waals surface area contributed by atoms with Crippen LogP contribution in [-0.2, 0) is 6.54 Å². The van der Waals surface area contributed by atoms with Gasteiger partial charge in [-0.05, 0) is 44.2 Å². The van der Waals surface area contributed by atoms with Crippen LogP contribution in [0.15, 0.2) is 12.3 Å². The normalized spacial score (nSPS) is 19.1. The quantitative estimate of drug-likeness (QED) is 0.807. The van der Waals surface area contributed by atoms with Gasteiger partial charge in [0.25, 0.3) is 0 Å². The SMILES string of the molecule is CCCNCc1cnc(C)cc1N1CCC(C(C)C)C1. The molecule has 1 aromatic heterocycles. The predicted molar refractivity (Wildman–Crippen MR) is 86.1 cm³/mol. The summed E-state index contributed by atoms with van der Waals surface area (Å²) in [7, 11) is 0. The zero-order valence-corrected chi connectivity index (χ0v) is 13.4. The Kier molecular flexibility index (Phi) is 5.41. The zero-order valence-electron chi connectivity index (χ0n) is 13.4. The van der Waals surface area contributed by atoms with Gasteiger partial charge in [-0.2, -0.15) is 0 Å². The van der Waals surface area contributed by atoms with E-state index in [2.05, 4.69) is 55.2 Å². The molecule has 1 N–H and O–H groups in total. The fraction of sp³-hybridized carbons (Fsp3) is 0.706. The maximum atomic E-state index is 4.48. The summed E-state index contributed by atoms with van der Waals surface area (Å²) in [5, 5.41) is 3.50. The largest absolute Gasteiger partial charge is 0.371 e. The van der Waals surface area contributed by atoms with E-state index in [0.29, 0.717) is 0 Å². The highest BCUT2D eigenvalue weighted by Crippen LogP contribution is 2.30. The van der Waals surface area contributed by atoms with Crippen molar-refractivity contribution in [3.05, 3.63) is 23.5 Å². The van der Waals surface area contributed by atoms with Crippen LogP contribution in [0.4, 0.5) is 5.69 Å². The maximum Gasteiger partial charge on any atom is 0.0445 e. The van der Waals surface area contributed by atoms with Gasteiger partial charge in [-0.1, -0.05) is 20.8 Å². The molecule has 3 heteroatoms. The zero-order chi connectivity index (χ0) is 14.5. The molecule has 1 aliphatic rings. The summed E-state index contributed by atoms with van der Waals surface area (Å²) in [6, 6.07) is 2.26. The molecule has 1 saturated heterocycles. The highest BCUT2D eigenvalue weighted by Gasteiger charge is 2.26. The number of hydrogen-bond acceptors (Lipinski definition) is 3. The van der Waals surface area contributed by atoms with Gasteiger partial charge in [-0.25, -0.2) is 0 Å². The molecule has 20 heavy (non-hydrogen) atoms. The third-order valence-electron chi connectivity index (χ3n) is 4.35. The molecule has 1 fully saturated rings. The van der Waals surface area contributed by atoms with E-state index in [-0.39, 0.29) is 0 Å². The van der Waals surface area contributed by atoms with Gasteiger partial charge in [-0.15, -0.1) is 0 Å². The Morgan fingerprint density at radius 3 is 2.90 bits per heavy atom. The van der Waals surface area contributed by atoms with Crippen molar-refractivity contribution < 1.29 is 0 Å². The van der Waals surface area contributed by atoms with Crippen LogP contribution in [0, 0.1) is 18.8 Å². The van der Waals surface area contributed by atoms with Crippen molar-refractivity contribution in [2.75, 3.05) is 24.5 Å². The molecule has 2 heterocycles. The fourth-order valence-corrected chi connectivity index (χ4v) is 2.95. The number of hydrogen-bond donors (Lipinski definition) is 1. The van der Waals surface area contributed by atoms with Crippen molar-refractivity contribution in [1.82, 2.24) is 10.3 Å². The molecule has 0 bridgehead atoms. The van der Waals surface area contributed by atoms with E-state index in [1.54, 1.807) is 0 Å². The number of nitrogens with zero attached hydrogens (tertiary/aromatic N) is 2. The molecule has 0 amide bonds. The fourth-order valence-electron chi connectivity index (χ4n) is 2.95. The van der Waals surface area contributed by atoms with Crippen molar-refractivity contribution in [1.29, 1.82) is 0 Å². The highest BCUT2D eigenvalue weighted by molar-refractivity contribution is 5.54. The van der Waals surface area contributed by atoms with E-state index in [1.807, 2.05) is 0 Å². The van der Waals surface area contributed by atoms with E-state index < -0.39 is 0 Å². The van der Waals surface area contributed by atoms with Gasteiger partial charge in [-0.3, -0.25) is 4.98 Å². The summed E-state index contributed by atoms with van der Waals surface area (Å²) in [5.74, 6) is 1.62. The first-order chi connectivity index (χ1) is 9.61. The maximum absolute atomic E-state index is 4.48. The molecule has 1 unspecified atom stereocenters. The van der Waals surface area contributed by atoms with E-state index in [1.165, 1.54) is 37.2 Å². The Bertz CT molecular complexity index is 428. The first kappa shape index (κ1) is 15.3. The highest BCUT2D eigenvalue weighted by atomic mass is 15.2. The number of aryl methyl sites for hydroxylation is 1. The average Bonchev–Trinajstić information content (AvgIpc) is 2.90. The second kappa shape index (κ2) is 7.07. The number of pyridine rings is 1. The number of aromatic nitrogens is 1. The van der Waals surface area contributed by atoms with Crippen molar-refractivity contribution >= 4 is 5.69 Å². The molecule has 112 valence electrons. The third kappa shape index (κ3) is 3.72. The lowest BCUT2D eigenvalue weighted by Crippen LogP contribution is -2.24. The molecule has 0 radical (unpaired) electrons. The van der Waals surface area contributed by atoms with Crippen LogP contribution >= 0.6 is 0 Å². The minimum absolute atomic E-state index is 0.782. The Labute approximate surface area is 123 Å². The van der Waals surface area contributed by atoms with Crippen LogP contribution in [-0.4, -0.2) is 24.6 Å². The van der Waals surface area contributed by atoms with Gasteiger partial charge in [0, 0.05) is 42.8 Å². The minimum atomic E-state index is 0.782. The van der Waals surface area contributed by atoms with E-state index >= 15 is 0 Å². The monoisotopic (exact) mass is 275 g/mol. The molecule has 0 spiro atoms. The Hall–Kier alpha value is -1.09. The van der Waals surface area contributed by atoms with Crippen LogP contribution in [0.5, 0.6) is 0 Å². The average molecular weight is 275 g/mol. The first-order valence-electron chi connectivity index (χ1n) is 8.03. The lowest BCUT2D eigenvalue weighted by molar-refractivity contribution is 0.422. The molecule has 1 atom stereocenters. The Morgan fingerprint density at radius 2 is 2.25 bits per heavy atom. The van der Waals surface area contributed by atoms with Gasteiger partial charge < -0.3 is 10.2 Å². The smallest absolute Gasteiger partial charge is 0.0445 e. The lowest BCUT2D eigenvalue weighted by Gasteiger charge is -2.23. The number of anilines is 1. The number of nitrogens with one attached hydrogen (secondary N) is 1. The molecule has 2 rings (SSSR count). The lowest BCUT2D eigenvalue weighted by atomic mass is 9.95. The predicted octanol–water partition coefficient (Wildman–Crippen LogP) is 3.37. The summed E-state index contributed by atoms with van der Waals surface area (Å²) < 4.78 is 0. The molecule has 0 saturated carbocycles. The van der Waals surface area contributed by atoms with Gasteiger partial charge >= 0.3 is 0 Å². The summed E-state index contributed by atoms with van der Waals surface area (Å²) in [6.07, 6.45) is 4.55. The number of rotatable bonds is 6. The topological polar surface area (TPSA) is 28.2 Å². The first-order valence-corrected chi connectivity index (χ1v) is 8.03. The van der Waals surface area contributed by atoms with Crippen LogP contribution in [0.25, 0.3) is 0 Å². The van der Waals surface area contributed by atoms with Gasteiger partial charge in [0.05, 0.1) is 0 Å². The van der Waals surface area contributed by atoms with Crippen LogP contribution in [0.3, 0.4) is 0 Å². The summed E-state index contributed by atoms with van der Waals surface area (Å²) in [6.45, 7) is 13.4. The van der Waals surface area contributed by atoms with Gasteiger partial charge in [0.1, 0.15) is 0 Å². The third-order valence-corrected chi connectivity index (χ3v) is 4.35. The second-order valence-corrected chi connectivity index (χ2v) is 6.37. The molecule has 0 aliphatic carbocycles.